The van der Waals surface area contributed by atoms with Crippen LogP contribution in [-0.4, -0.2) is 41.8 Å². The van der Waals surface area contributed by atoms with E-state index in [0.717, 1.165) is 11.1 Å². The van der Waals surface area contributed by atoms with Gasteiger partial charge in [0.2, 0.25) is 5.91 Å². The number of fused-ring (bicyclic) bond motifs is 3. The van der Waals surface area contributed by atoms with Gasteiger partial charge in [0.25, 0.3) is 0 Å². The second kappa shape index (κ2) is 10.3. The molecular formula is C28H32N2O5. The molecule has 0 saturated carbocycles. The van der Waals surface area contributed by atoms with Crippen molar-refractivity contribution in [2.75, 3.05) is 6.61 Å². The standard InChI is InChI=1S/C28H32N2O5/c1-16(2)25(27(32)33)17(3)29-26(31)18-12-13-19(14-18)30-28(34)35-15-24-22-10-6-4-8-20(22)21-9-5-7-11-23(21)24/h4-13,16-19,24-25H,14-15H2,1-3H3,(H,29,31)(H,30,34)(H,32,33). The fraction of sp³-hybridized carbons (Fsp3) is 0.393. The lowest BCUT2D eigenvalue weighted by Crippen LogP contribution is -2.45. The van der Waals surface area contributed by atoms with Gasteiger partial charge in [0.15, 0.2) is 0 Å². The van der Waals surface area contributed by atoms with Gasteiger partial charge in [-0.05, 0) is 41.5 Å². The van der Waals surface area contributed by atoms with Crippen LogP contribution in [0.1, 0.15) is 44.2 Å². The summed E-state index contributed by atoms with van der Waals surface area (Å²) in [6, 6.07) is 15.5. The Balaban J connectivity index is 1.29. The maximum atomic E-state index is 12.7. The van der Waals surface area contributed by atoms with Gasteiger partial charge in [0.05, 0.1) is 17.9 Å². The molecule has 2 amide bonds. The van der Waals surface area contributed by atoms with Crippen molar-refractivity contribution in [2.45, 2.75) is 45.2 Å². The first-order valence-corrected chi connectivity index (χ1v) is 12.1. The first-order chi connectivity index (χ1) is 16.8. The topological polar surface area (TPSA) is 105 Å². The highest BCUT2D eigenvalue weighted by Crippen LogP contribution is 2.44. The summed E-state index contributed by atoms with van der Waals surface area (Å²) in [5, 5.41) is 15.1. The van der Waals surface area contributed by atoms with Crippen molar-refractivity contribution < 1.29 is 24.2 Å². The highest BCUT2D eigenvalue weighted by atomic mass is 16.5. The summed E-state index contributed by atoms with van der Waals surface area (Å²) in [5.74, 6) is -2.39. The Labute approximate surface area is 205 Å². The number of carboxylic acids is 1. The zero-order valence-corrected chi connectivity index (χ0v) is 20.2. The van der Waals surface area contributed by atoms with Crippen LogP contribution >= 0.6 is 0 Å². The van der Waals surface area contributed by atoms with Crippen LogP contribution in [0.4, 0.5) is 4.79 Å². The zero-order chi connectivity index (χ0) is 25.1. The highest BCUT2D eigenvalue weighted by Gasteiger charge is 2.33. The predicted octanol–water partition coefficient (Wildman–Crippen LogP) is 4.33. The van der Waals surface area contributed by atoms with Crippen molar-refractivity contribution in [3.05, 3.63) is 71.8 Å². The third-order valence-corrected chi connectivity index (χ3v) is 6.98. The van der Waals surface area contributed by atoms with Gasteiger partial charge in [-0.1, -0.05) is 74.5 Å². The van der Waals surface area contributed by atoms with Gasteiger partial charge in [-0.3, -0.25) is 9.59 Å². The van der Waals surface area contributed by atoms with Gasteiger partial charge in [-0.15, -0.1) is 0 Å². The zero-order valence-electron chi connectivity index (χ0n) is 20.2. The molecule has 0 spiro atoms. The van der Waals surface area contributed by atoms with E-state index in [2.05, 4.69) is 34.9 Å². The fourth-order valence-corrected chi connectivity index (χ4v) is 5.29. The summed E-state index contributed by atoms with van der Waals surface area (Å²) < 4.78 is 5.60. The number of hydrogen-bond acceptors (Lipinski definition) is 4. The van der Waals surface area contributed by atoms with Crippen LogP contribution in [0.5, 0.6) is 0 Å². The van der Waals surface area contributed by atoms with Crippen molar-refractivity contribution in [1.29, 1.82) is 0 Å². The normalized spacial score (nSPS) is 20.1. The van der Waals surface area contributed by atoms with Crippen LogP contribution in [0.15, 0.2) is 60.7 Å². The number of aliphatic carboxylic acids is 1. The average Bonchev–Trinajstić information content (AvgIpc) is 3.40. The smallest absolute Gasteiger partial charge is 0.407 e. The fourth-order valence-electron chi connectivity index (χ4n) is 5.29. The number of hydrogen-bond donors (Lipinski definition) is 3. The second-order valence-corrected chi connectivity index (χ2v) is 9.71. The van der Waals surface area contributed by atoms with Crippen molar-refractivity contribution in [3.63, 3.8) is 0 Å². The van der Waals surface area contributed by atoms with Crippen molar-refractivity contribution >= 4 is 18.0 Å². The minimum atomic E-state index is -0.926. The molecule has 4 unspecified atom stereocenters. The summed E-state index contributed by atoms with van der Waals surface area (Å²) in [6.07, 6.45) is 3.42. The molecule has 0 bridgehead atoms. The molecule has 0 aliphatic heterocycles. The molecule has 3 N–H and O–H groups in total. The summed E-state index contributed by atoms with van der Waals surface area (Å²) in [7, 11) is 0. The first kappa shape index (κ1) is 24.5. The van der Waals surface area contributed by atoms with E-state index in [-0.39, 0.29) is 30.4 Å². The second-order valence-electron chi connectivity index (χ2n) is 9.71. The van der Waals surface area contributed by atoms with Crippen LogP contribution < -0.4 is 10.6 Å². The number of carboxylic acid groups (broad SMARTS) is 1. The lowest BCUT2D eigenvalue weighted by molar-refractivity contribution is -0.144. The Morgan fingerprint density at radius 3 is 2.14 bits per heavy atom. The van der Waals surface area contributed by atoms with E-state index < -0.39 is 29.9 Å². The molecular weight excluding hydrogens is 444 g/mol. The average molecular weight is 477 g/mol. The SMILES string of the molecule is CC(C)C(C(=O)O)C(C)NC(=O)C1C=CC(NC(=O)OCC2c3ccccc3-c3ccccc32)C1. The molecule has 2 aliphatic carbocycles. The monoisotopic (exact) mass is 476 g/mol. The number of ether oxygens (including phenoxy) is 1. The minimum absolute atomic E-state index is 0.0181. The lowest BCUT2D eigenvalue weighted by Gasteiger charge is -2.25. The van der Waals surface area contributed by atoms with Gasteiger partial charge in [0.1, 0.15) is 6.61 Å². The van der Waals surface area contributed by atoms with Gasteiger partial charge in [-0.25, -0.2) is 4.79 Å². The maximum absolute atomic E-state index is 12.7. The molecule has 0 fully saturated rings. The number of alkyl carbamates (subject to hydrolysis) is 1. The molecule has 35 heavy (non-hydrogen) atoms. The van der Waals surface area contributed by atoms with Gasteiger partial charge >= 0.3 is 12.1 Å². The van der Waals surface area contributed by atoms with Crippen LogP contribution in [0.2, 0.25) is 0 Å². The van der Waals surface area contributed by atoms with E-state index in [0.29, 0.717) is 6.42 Å². The first-order valence-electron chi connectivity index (χ1n) is 12.1. The molecule has 4 atom stereocenters. The van der Waals surface area contributed by atoms with Gasteiger partial charge in [-0.2, -0.15) is 0 Å². The molecule has 0 saturated heterocycles. The van der Waals surface area contributed by atoms with E-state index in [4.69, 9.17) is 4.74 Å². The van der Waals surface area contributed by atoms with E-state index >= 15 is 0 Å². The molecule has 7 heteroatoms. The molecule has 2 aromatic rings. The Bertz CT molecular complexity index is 1100. The molecule has 184 valence electrons. The van der Waals surface area contributed by atoms with Crippen molar-refractivity contribution in [2.24, 2.45) is 17.8 Å². The number of amides is 2. The molecule has 2 aliphatic rings. The summed E-state index contributed by atoms with van der Waals surface area (Å²) in [6.45, 7) is 5.59. The summed E-state index contributed by atoms with van der Waals surface area (Å²) in [5.41, 5.74) is 4.63. The molecule has 0 heterocycles. The van der Waals surface area contributed by atoms with E-state index in [9.17, 15) is 19.5 Å². The molecule has 2 aromatic carbocycles. The number of rotatable bonds is 8. The largest absolute Gasteiger partial charge is 0.481 e. The van der Waals surface area contributed by atoms with Crippen LogP contribution in [-0.2, 0) is 14.3 Å². The predicted molar refractivity (Wildman–Crippen MR) is 133 cm³/mol. The Hall–Kier alpha value is -3.61. The third-order valence-electron chi connectivity index (χ3n) is 6.98. The van der Waals surface area contributed by atoms with Crippen LogP contribution in [0, 0.1) is 17.8 Å². The highest BCUT2D eigenvalue weighted by molar-refractivity contribution is 5.83. The number of carbonyl (C=O) groups excluding carboxylic acids is 2. The minimum Gasteiger partial charge on any atom is -0.481 e. The molecule has 0 radical (unpaired) electrons. The number of nitrogens with one attached hydrogen (secondary N) is 2. The molecule has 7 nitrogen and oxygen atoms in total. The third kappa shape index (κ3) is 5.24. The van der Waals surface area contributed by atoms with Gasteiger partial charge in [0, 0.05) is 12.0 Å². The van der Waals surface area contributed by atoms with Gasteiger partial charge < -0.3 is 20.5 Å². The number of carbonyl (C=O) groups is 3. The Morgan fingerprint density at radius 1 is 0.971 bits per heavy atom. The molecule has 4 rings (SSSR count). The lowest BCUT2D eigenvalue weighted by atomic mass is 9.89. The van der Waals surface area contributed by atoms with Crippen molar-refractivity contribution in [1.82, 2.24) is 10.6 Å². The van der Waals surface area contributed by atoms with E-state index in [1.807, 2.05) is 38.1 Å². The molecule has 0 aromatic heterocycles. The number of benzene rings is 2. The Morgan fingerprint density at radius 2 is 1.57 bits per heavy atom. The van der Waals surface area contributed by atoms with Crippen LogP contribution in [0.3, 0.4) is 0 Å². The summed E-state index contributed by atoms with van der Waals surface area (Å²) in [4.78, 5) is 36.7. The Kier molecular flexibility index (Phi) is 7.24. The maximum Gasteiger partial charge on any atom is 0.407 e. The quantitative estimate of drug-likeness (QED) is 0.492. The van der Waals surface area contributed by atoms with Crippen LogP contribution in [0.25, 0.3) is 11.1 Å². The van der Waals surface area contributed by atoms with Crippen molar-refractivity contribution in [3.8, 4) is 11.1 Å². The van der Waals surface area contributed by atoms with E-state index in [1.165, 1.54) is 11.1 Å². The summed E-state index contributed by atoms with van der Waals surface area (Å²) >= 11 is 0. The van der Waals surface area contributed by atoms with E-state index in [1.54, 1.807) is 19.1 Å².